The fourth-order valence-corrected chi connectivity index (χ4v) is 0.617. The maximum absolute atomic E-state index is 5.40. The molecular formula is C7H11N3O. The van der Waals surface area contributed by atoms with Crippen LogP contribution in [0.5, 0.6) is 6.01 Å². The first-order valence-corrected chi connectivity index (χ1v) is 3.54. The lowest BCUT2D eigenvalue weighted by atomic mass is 10.5. The molecular weight excluding hydrogens is 142 g/mol. The van der Waals surface area contributed by atoms with Gasteiger partial charge in [-0.05, 0) is 12.5 Å². The number of ether oxygens (including phenoxy) is 1. The van der Waals surface area contributed by atoms with Gasteiger partial charge in [-0.15, -0.1) is 0 Å². The lowest BCUT2D eigenvalue weighted by molar-refractivity contribution is 0.292. The lowest BCUT2D eigenvalue weighted by Crippen LogP contribution is -2.01. The van der Waals surface area contributed by atoms with Gasteiger partial charge >= 0.3 is 6.01 Å². The third-order valence-corrected chi connectivity index (χ3v) is 1.09. The number of hydrogen-bond donors (Lipinski definition) is 1. The highest BCUT2D eigenvalue weighted by atomic mass is 16.5. The third-order valence-electron chi connectivity index (χ3n) is 1.09. The number of anilines is 1. The third kappa shape index (κ3) is 2.41. The van der Waals surface area contributed by atoms with Gasteiger partial charge in [0.2, 0.25) is 0 Å². The predicted octanol–water partition coefficient (Wildman–Crippen LogP) is 0.848. The standard InChI is InChI=1S/C7H11N3O/c1-2-5-11-7-9-4-3-6(8)10-7/h3-4H,2,5H2,1H3,(H2,8,9,10). The van der Waals surface area contributed by atoms with Gasteiger partial charge in [0.15, 0.2) is 0 Å². The van der Waals surface area contributed by atoms with Crippen LogP contribution < -0.4 is 10.5 Å². The Hall–Kier alpha value is -1.32. The molecule has 1 aromatic rings. The van der Waals surface area contributed by atoms with Crippen LogP contribution in [-0.2, 0) is 0 Å². The van der Waals surface area contributed by atoms with Crippen LogP contribution in [0.3, 0.4) is 0 Å². The Morgan fingerprint density at radius 1 is 1.64 bits per heavy atom. The van der Waals surface area contributed by atoms with Crippen molar-refractivity contribution in [1.29, 1.82) is 0 Å². The fourth-order valence-electron chi connectivity index (χ4n) is 0.617. The van der Waals surface area contributed by atoms with Crippen molar-refractivity contribution in [3.05, 3.63) is 12.3 Å². The monoisotopic (exact) mass is 153 g/mol. The summed E-state index contributed by atoms with van der Waals surface area (Å²) in [5, 5.41) is 0. The molecule has 4 heteroatoms. The van der Waals surface area contributed by atoms with Crippen molar-refractivity contribution in [2.45, 2.75) is 13.3 Å². The maximum atomic E-state index is 5.40. The van der Waals surface area contributed by atoms with Crippen LogP contribution in [0.25, 0.3) is 0 Å². The van der Waals surface area contributed by atoms with Crippen molar-refractivity contribution < 1.29 is 4.74 Å². The van der Waals surface area contributed by atoms with Gasteiger partial charge in [-0.25, -0.2) is 4.98 Å². The molecule has 0 aromatic carbocycles. The Morgan fingerprint density at radius 2 is 2.45 bits per heavy atom. The number of nitrogen functional groups attached to an aromatic ring is 1. The van der Waals surface area contributed by atoms with Crippen LogP contribution in [0, 0.1) is 0 Å². The Kier molecular flexibility index (Phi) is 2.66. The molecule has 0 bridgehead atoms. The Morgan fingerprint density at radius 3 is 3.09 bits per heavy atom. The molecule has 1 heterocycles. The Bertz CT molecular complexity index is 227. The van der Waals surface area contributed by atoms with Crippen LogP contribution in [-0.4, -0.2) is 16.6 Å². The largest absolute Gasteiger partial charge is 0.463 e. The van der Waals surface area contributed by atoms with E-state index in [4.69, 9.17) is 10.5 Å². The predicted molar refractivity (Wildman–Crippen MR) is 42.2 cm³/mol. The number of nitrogens with zero attached hydrogens (tertiary/aromatic N) is 2. The van der Waals surface area contributed by atoms with E-state index in [0.717, 1.165) is 6.42 Å². The average Bonchev–Trinajstić information content (AvgIpc) is 2.01. The van der Waals surface area contributed by atoms with E-state index in [1.807, 2.05) is 6.92 Å². The van der Waals surface area contributed by atoms with E-state index in [9.17, 15) is 0 Å². The molecule has 0 unspecified atom stereocenters. The molecule has 0 aliphatic carbocycles. The van der Waals surface area contributed by atoms with E-state index in [0.29, 0.717) is 18.4 Å². The summed E-state index contributed by atoms with van der Waals surface area (Å²) in [7, 11) is 0. The highest BCUT2D eigenvalue weighted by Gasteiger charge is 1.94. The SMILES string of the molecule is CCCOc1nccc(N)n1. The van der Waals surface area contributed by atoms with Crippen LogP contribution >= 0.6 is 0 Å². The molecule has 2 N–H and O–H groups in total. The van der Waals surface area contributed by atoms with Gasteiger partial charge in [0.05, 0.1) is 6.61 Å². The molecule has 0 amide bonds. The molecule has 1 aromatic heterocycles. The molecule has 0 fully saturated rings. The van der Waals surface area contributed by atoms with Gasteiger partial charge in [-0.2, -0.15) is 4.98 Å². The highest BCUT2D eigenvalue weighted by molar-refractivity contribution is 5.26. The Labute approximate surface area is 65.4 Å². The van der Waals surface area contributed by atoms with E-state index >= 15 is 0 Å². The minimum Gasteiger partial charge on any atom is -0.463 e. The van der Waals surface area contributed by atoms with E-state index in [1.165, 1.54) is 0 Å². The minimum absolute atomic E-state index is 0.354. The molecule has 0 radical (unpaired) electrons. The molecule has 0 aliphatic heterocycles. The van der Waals surface area contributed by atoms with Crippen molar-refractivity contribution in [2.75, 3.05) is 12.3 Å². The highest BCUT2D eigenvalue weighted by Crippen LogP contribution is 2.03. The summed E-state index contributed by atoms with van der Waals surface area (Å²) in [5.74, 6) is 0.436. The lowest BCUT2D eigenvalue weighted by Gasteiger charge is -2.00. The molecule has 1 rings (SSSR count). The number of aromatic nitrogens is 2. The van der Waals surface area contributed by atoms with Gasteiger partial charge in [0, 0.05) is 6.20 Å². The molecule has 60 valence electrons. The van der Waals surface area contributed by atoms with Crippen molar-refractivity contribution in [3.63, 3.8) is 0 Å². The number of hydrogen-bond acceptors (Lipinski definition) is 4. The molecule has 0 spiro atoms. The summed E-state index contributed by atoms with van der Waals surface area (Å²) >= 11 is 0. The molecule has 0 aliphatic rings. The Balaban J connectivity index is 2.56. The fraction of sp³-hybridized carbons (Fsp3) is 0.429. The van der Waals surface area contributed by atoms with E-state index in [-0.39, 0.29) is 0 Å². The molecule has 0 saturated carbocycles. The van der Waals surface area contributed by atoms with Crippen LogP contribution in [0.4, 0.5) is 5.82 Å². The quantitative estimate of drug-likeness (QED) is 0.699. The number of rotatable bonds is 3. The number of nitrogens with two attached hydrogens (primary N) is 1. The first-order valence-electron chi connectivity index (χ1n) is 3.54. The first kappa shape index (κ1) is 7.78. The van der Waals surface area contributed by atoms with E-state index in [1.54, 1.807) is 12.3 Å². The smallest absolute Gasteiger partial charge is 0.318 e. The van der Waals surface area contributed by atoms with Gasteiger partial charge in [0.1, 0.15) is 5.82 Å². The second kappa shape index (κ2) is 3.75. The zero-order valence-corrected chi connectivity index (χ0v) is 6.45. The van der Waals surface area contributed by atoms with Crippen LogP contribution in [0.2, 0.25) is 0 Å². The summed E-state index contributed by atoms with van der Waals surface area (Å²) in [6.07, 6.45) is 2.52. The van der Waals surface area contributed by atoms with E-state index < -0.39 is 0 Å². The van der Waals surface area contributed by atoms with Crippen molar-refractivity contribution in [1.82, 2.24) is 9.97 Å². The van der Waals surface area contributed by atoms with Crippen molar-refractivity contribution in [2.24, 2.45) is 0 Å². The van der Waals surface area contributed by atoms with Gasteiger partial charge in [-0.1, -0.05) is 6.92 Å². The summed E-state index contributed by atoms with van der Waals surface area (Å²) in [5.41, 5.74) is 5.40. The van der Waals surface area contributed by atoms with Crippen LogP contribution in [0.15, 0.2) is 12.3 Å². The molecule has 11 heavy (non-hydrogen) atoms. The topological polar surface area (TPSA) is 61.0 Å². The molecule has 4 nitrogen and oxygen atoms in total. The summed E-state index contributed by atoms with van der Waals surface area (Å²) < 4.78 is 5.13. The summed E-state index contributed by atoms with van der Waals surface area (Å²) in [4.78, 5) is 7.72. The van der Waals surface area contributed by atoms with Crippen molar-refractivity contribution >= 4 is 5.82 Å². The normalized spacial score (nSPS) is 9.55. The van der Waals surface area contributed by atoms with Gasteiger partial charge in [-0.3, -0.25) is 0 Å². The second-order valence-electron chi connectivity index (χ2n) is 2.11. The maximum Gasteiger partial charge on any atom is 0.318 e. The zero-order valence-electron chi connectivity index (χ0n) is 6.45. The summed E-state index contributed by atoms with van der Waals surface area (Å²) in [6, 6.07) is 1.98. The van der Waals surface area contributed by atoms with Gasteiger partial charge < -0.3 is 10.5 Å². The second-order valence-corrected chi connectivity index (χ2v) is 2.11. The molecule has 0 saturated heterocycles. The van der Waals surface area contributed by atoms with E-state index in [2.05, 4.69) is 9.97 Å². The first-order chi connectivity index (χ1) is 5.33. The van der Waals surface area contributed by atoms with Gasteiger partial charge in [0.25, 0.3) is 0 Å². The molecule has 0 atom stereocenters. The van der Waals surface area contributed by atoms with Crippen molar-refractivity contribution in [3.8, 4) is 6.01 Å². The average molecular weight is 153 g/mol. The summed E-state index contributed by atoms with van der Waals surface area (Å²) in [6.45, 7) is 2.65. The minimum atomic E-state index is 0.354. The van der Waals surface area contributed by atoms with Crippen LogP contribution in [0.1, 0.15) is 13.3 Å². The zero-order chi connectivity index (χ0) is 8.10.